The molecule has 1 atom stereocenters. The van der Waals surface area contributed by atoms with Crippen molar-refractivity contribution in [3.8, 4) is 22.8 Å². The van der Waals surface area contributed by atoms with Crippen LogP contribution in [0.3, 0.4) is 0 Å². The van der Waals surface area contributed by atoms with E-state index in [-0.39, 0.29) is 51.9 Å². The van der Waals surface area contributed by atoms with E-state index < -0.39 is 5.82 Å². The molecule has 0 saturated carbocycles. The maximum Gasteiger partial charge on any atom is 0.259 e. The molecule has 2 aliphatic heterocycles. The van der Waals surface area contributed by atoms with Crippen LogP contribution in [0.4, 0.5) is 4.39 Å². The van der Waals surface area contributed by atoms with Gasteiger partial charge in [-0.15, -0.1) is 0 Å². The number of pyridine rings is 1. The fourth-order valence-electron chi connectivity index (χ4n) is 4.07. The van der Waals surface area contributed by atoms with Crippen LogP contribution >= 0.6 is 11.6 Å². The maximum absolute atomic E-state index is 14.5. The lowest BCUT2D eigenvalue weighted by Crippen LogP contribution is -2.55. The lowest BCUT2D eigenvalue weighted by atomic mass is 10.1. The van der Waals surface area contributed by atoms with Gasteiger partial charge in [-0.2, -0.15) is 0 Å². The van der Waals surface area contributed by atoms with Crippen molar-refractivity contribution in [2.45, 2.75) is 12.6 Å². The van der Waals surface area contributed by atoms with Gasteiger partial charge in [0, 0.05) is 33.2 Å². The average molecular weight is 434 g/mol. The number of phenolic OH excluding ortho intramolecular Hbond substituents is 1. The van der Waals surface area contributed by atoms with Gasteiger partial charge in [-0.05, 0) is 18.2 Å². The van der Waals surface area contributed by atoms with Gasteiger partial charge < -0.3 is 19.3 Å². The number of hydrogen-bond acceptors (Lipinski definition) is 5. The van der Waals surface area contributed by atoms with E-state index in [1.807, 2.05) is 0 Å². The van der Waals surface area contributed by atoms with Gasteiger partial charge in [0.25, 0.3) is 5.56 Å². The zero-order valence-corrected chi connectivity index (χ0v) is 17.2. The second kappa shape index (κ2) is 7.77. The van der Waals surface area contributed by atoms with E-state index in [4.69, 9.17) is 16.3 Å². The normalized spacial score (nSPS) is 18.8. The predicted octanol–water partition coefficient (Wildman–Crippen LogP) is 2.14. The fraction of sp³-hybridized carbons (Fsp3) is 0.333. The van der Waals surface area contributed by atoms with Crippen LogP contribution in [-0.4, -0.2) is 57.7 Å². The standard InChI is InChI=1S/C21H21ClFN3O4/c1-3-16(28)26-8-7-25-10-13-20(30-11-12(25)9-26)18(22)19(24(2)21(13)29)17-14(23)5-4-6-15(17)27/h3-6,12,27H,1,7-11H2,2H3/t12-/m1/s1. The molecule has 3 heterocycles. The van der Waals surface area contributed by atoms with Crippen molar-refractivity contribution in [3.05, 3.63) is 57.6 Å². The monoisotopic (exact) mass is 433 g/mol. The Morgan fingerprint density at radius 1 is 1.40 bits per heavy atom. The highest BCUT2D eigenvalue weighted by molar-refractivity contribution is 6.34. The molecule has 2 aliphatic rings. The summed E-state index contributed by atoms with van der Waals surface area (Å²) in [7, 11) is 1.48. The Hall–Kier alpha value is -2.84. The van der Waals surface area contributed by atoms with Gasteiger partial charge in [-0.3, -0.25) is 14.5 Å². The molecule has 1 aromatic carbocycles. The van der Waals surface area contributed by atoms with Crippen molar-refractivity contribution in [1.82, 2.24) is 14.4 Å². The van der Waals surface area contributed by atoms with Crippen molar-refractivity contribution >= 4 is 17.5 Å². The van der Waals surface area contributed by atoms with E-state index in [1.54, 1.807) is 4.90 Å². The second-order valence-electron chi connectivity index (χ2n) is 7.39. The number of ether oxygens (including phenoxy) is 1. The van der Waals surface area contributed by atoms with Crippen LogP contribution in [-0.2, 0) is 18.4 Å². The van der Waals surface area contributed by atoms with Gasteiger partial charge in [0.1, 0.15) is 28.9 Å². The van der Waals surface area contributed by atoms with Crippen molar-refractivity contribution in [1.29, 1.82) is 0 Å². The first kappa shape index (κ1) is 20.4. The molecule has 1 N–H and O–H groups in total. The van der Waals surface area contributed by atoms with Gasteiger partial charge in [-0.25, -0.2) is 4.39 Å². The molecule has 1 aromatic heterocycles. The van der Waals surface area contributed by atoms with Crippen LogP contribution in [0.1, 0.15) is 5.56 Å². The molecule has 9 heteroatoms. The van der Waals surface area contributed by atoms with Crippen molar-refractivity contribution in [2.24, 2.45) is 7.05 Å². The number of benzene rings is 1. The summed E-state index contributed by atoms with van der Waals surface area (Å²) in [6.07, 6.45) is 1.28. The van der Waals surface area contributed by atoms with E-state index in [0.717, 1.165) is 0 Å². The lowest BCUT2D eigenvalue weighted by Gasteiger charge is -2.39. The molecule has 0 spiro atoms. The van der Waals surface area contributed by atoms with Crippen LogP contribution in [0.15, 0.2) is 35.6 Å². The summed E-state index contributed by atoms with van der Waals surface area (Å²) in [6.45, 7) is 5.57. The number of rotatable bonds is 2. The number of carbonyl (C=O) groups is 1. The molecule has 1 saturated heterocycles. The first-order valence-corrected chi connectivity index (χ1v) is 9.88. The van der Waals surface area contributed by atoms with Gasteiger partial charge >= 0.3 is 0 Å². The SMILES string of the molecule is C=CC(=O)N1CCN2Cc3c(c(Cl)c(-c4c(O)cccc4F)n(C)c3=O)OC[C@H]2C1. The zero-order valence-electron chi connectivity index (χ0n) is 16.4. The lowest BCUT2D eigenvalue weighted by molar-refractivity contribution is -0.129. The molecule has 0 bridgehead atoms. The Labute approximate surface area is 177 Å². The van der Waals surface area contributed by atoms with Gasteiger partial charge in [-0.1, -0.05) is 24.2 Å². The highest BCUT2D eigenvalue weighted by Gasteiger charge is 2.35. The summed E-state index contributed by atoms with van der Waals surface area (Å²) >= 11 is 6.60. The van der Waals surface area contributed by atoms with E-state index >= 15 is 0 Å². The van der Waals surface area contributed by atoms with E-state index in [0.29, 0.717) is 31.7 Å². The number of nitrogens with zero attached hydrogens (tertiary/aromatic N) is 3. The van der Waals surface area contributed by atoms with Crippen molar-refractivity contribution in [2.75, 3.05) is 26.2 Å². The number of hydrogen-bond donors (Lipinski definition) is 1. The third-order valence-electron chi connectivity index (χ3n) is 5.68. The zero-order chi connectivity index (χ0) is 21.6. The number of piperazine rings is 1. The summed E-state index contributed by atoms with van der Waals surface area (Å²) in [5.41, 5.74) is -0.108. The molecule has 0 unspecified atom stereocenters. The third kappa shape index (κ3) is 3.26. The molecule has 1 fully saturated rings. The molecule has 7 nitrogen and oxygen atoms in total. The summed E-state index contributed by atoms with van der Waals surface area (Å²) in [4.78, 5) is 28.9. The topological polar surface area (TPSA) is 75.0 Å². The minimum atomic E-state index is -0.698. The largest absolute Gasteiger partial charge is 0.507 e. The predicted molar refractivity (Wildman–Crippen MR) is 110 cm³/mol. The van der Waals surface area contributed by atoms with Crippen LogP contribution in [0, 0.1) is 5.82 Å². The van der Waals surface area contributed by atoms with E-state index in [2.05, 4.69) is 11.5 Å². The number of amides is 1. The molecule has 0 radical (unpaired) electrons. The molecule has 4 rings (SSSR count). The Bertz CT molecular complexity index is 1080. The first-order chi connectivity index (χ1) is 14.3. The Morgan fingerprint density at radius 2 is 2.17 bits per heavy atom. The highest BCUT2D eigenvalue weighted by atomic mass is 35.5. The fourth-order valence-corrected chi connectivity index (χ4v) is 4.46. The minimum absolute atomic E-state index is 0.0550. The number of halogens is 2. The molecule has 158 valence electrons. The molecular weight excluding hydrogens is 413 g/mol. The Morgan fingerprint density at radius 3 is 2.87 bits per heavy atom. The third-order valence-corrected chi connectivity index (χ3v) is 6.03. The number of carbonyl (C=O) groups excluding carboxylic acids is 1. The Balaban J connectivity index is 1.78. The van der Waals surface area contributed by atoms with Crippen LogP contribution in [0.5, 0.6) is 11.5 Å². The number of aromatic nitrogens is 1. The maximum atomic E-state index is 14.5. The summed E-state index contributed by atoms with van der Waals surface area (Å²) < 4.78 is 21.7. The van der Waals surface area contributed by atoms with E-state index in [9.17, 15) is 19.1 Å². The number of aromatic hydroxyl groups is 1. The quantitative estimate of drug-likeness (QED) is 0.734. The molecule has 2 aromatic rings. The van der Waals surface area contributed by atoms with Gasteiger partial charge in [0.05, 0.1) is 22.9 Å². The van der Waals surface area contributed by atoms with Crippen LogP contribution < -0.4 is 10.3 Å². The smallest absolute Gasteiger partial charge is 0.259 e. The van der Waals surface area contributed by atoms with Crippen molar-refractivity contribution < 1.29 is 19.0 Å². The highest BCUT2D eigenvalue weighted by Crippen LogP contribution is 2.42. The molecule has 30 heavy (non-hydrogen) atoms. The first-order valence-electron chi connectivity index (χ1n) is 9.50. The Kier molecular flexibility index (Phi) is 5.29. The molecule has 1 amide bonds. The van der Waals surface area contributed by atoms with Gasteiger partial charge in [0.15, 0.2) is 0 Å². The van der Waals surface area contributed by atoms with Crippen LogP contribution in [0.25, 0.3) is 11.3 Å². The summed E-state index contributed by atoms with van der Waals surface area (Å²) in [6, 6.07) is 3.76. The molecular formula is C21H21ClFN3O4. The van der Waals surface area contributed by atoms with Gasteiger partial charge in [0.2, 0.25) is 5.91 Å². The average Bonchev–Trinajstić information content (AvgIpc) is 2.93. The number of phenols is 1. The second-order valence-corrected chi connectivity index (χ2v) is 7.77. The van der Waals surface area contributed by atoms with Crippen LogP contribution in [0.2, 0.25) is 5.02 Å². The minimum Gasteiger partial charge on any atom is -0.507 e. The summed E-state index contributed by atoms with van der Waals surface area (Å²) in [5, 5.41) is 10.3. The molecule has 0 aliphatic carbocycles. The van der Waals surface area contributed by atoms with Crippen molar-refractivity contribution in [3.63, 3.8) is 0 Å². The van der Waals surface area contributed by atoms with E-state index in [1.165, 1.54) is 35.9 Å². The summed E-state index contributed by atoms with van der Waals surface area (Å²) in [5.74, 6) is -0.982. The number of fused-ring (bicyclic) bond motifs is 2.